The van der Waals surface area contributed by atoms with Crippen molar-refractivity contribution in [2.45, 2.75) is 25.8 Å². The zero-order valence-electron chi connectivity index (χ0n) is 10.2. The van der Waals surface area contributed by atoms with Gasteiger partial charge in [0.05, 0.1) is 12.8 Å². The van der Waals surface area contributed by atoms with E-state index in [2.05, 4.69) is 42.6 Å². The third kappa shape index (κ3) is 3.46. The quantitative estimate of drug-likeness (QED) is 0.819. The highest BCUT2D eigenvalue weighted by molar-refractivity contribution is 5.19. The van der Waals surface area contributed by atoms with Crippen molar-refractivity contribution in [1.82, 2.24) is 5.32 Å². The third-order valence-corrected chi connectivity index (χ3v) is 3.03. The molecular formula is C15H19NO. The summed E-state index contributed by atoms with van der Waals surface area (Å²) in [5, 5.41) is 3.44. The van der Waals surface area contributed by atoms with E-state index in [1.54, 1.807) is 6.26 Å². The second kappa shape index (κ2) is 6.26. The SMILES string of the molecule is CCC(CNCc1ccco1)c1ccccc1. The first-order valence-corrected chi connectivity index (χ1v) is 6.18. The van der Waals surface area contributed by atoms with Gasteiger partial charge in [0.15, 0.2) is 0 Å². The van der Waals surface area contributed by atoms with Gasteiger partial charge in [-0.05, 0) is 30.0 Å². The number of nitrogens with one attached hydrogen (secondary N) is 1. The van der Waals surface area contributed by atoms with Gasteiger partial charge < -0.3 is 9.73 Å². The standard InChI is InChI=1S/C15H19NO/c1-2-13(14-7-4-3-5-8-14)11-16-12-15-9-6-10-17-15/h3-10,13,16H,2,11-12H2,1H3. The fourth-order valence-corrected chi connectivity index (χ4v) is 2.01. The molecule has 1 unspecified atom stereocenters. The first-order valence-electron chi connectivity index (χ1n) is 6.18. The molecule has 1 heterocycles. The van der Waals surface area contributed by atoms with Crippen LogP contribution in [0.1, 0.15) is 30.6 Å². The van der Waals surface area contributed by atoms with Gasteiger partial charge in [-0.2, -0.15) is 0 Å². The molecule has 0 aliphatic carbocycles. The number of hydrogen-bond acceptors (Lipinski definition) is 2. The minimum absolute atomic E-state index is 0.575. The van der Waals surface area contributed by atoms with Crippen LogP contribution in [0.2, 0.25) is 0 Å². The van der Waals surface area contributed by atoms with Crippen LogP contribution in [0.15, 0.2) is 53.1 Å². The van der Waals surface area contributed by atoms with Crippen LogP contribution < -0.4 is 5.32 Å². The van der Waals surface area contributed by atoms with Crippen molar-refractivity contribution in [3.63, 3.8) is 0 Å². The summed E-state index contributed by atoms with van der Waals surface area (Å²) in [6.45, 7) is 4.02. The van der Waals surface area contributed by atoms with Crippen molar-refractivity contribution in [2.24, 2.45) is 0 Å². The van der Waals surface area contributed by atoms with Crippen LogP contribution in [0, 0.1) is 0 Å². The lowest BCUT2D eigenvalue weighted by Crippen LogP contribution is -2.20. The fourth-order valence-electron chi connectivity index (χ4n) is 2.01. The molecule has 1 aromatic heterocycles. The zero-order chi connectivity index (χ0) is 11.9. The summed E-state index contributed by atoms with van der Waals surface area (Å²) in [7, 11) is 0. The van der Waals surface area contributed by atoms with E-state index in [0.717, 1.165) is 25.3 Å². The van der Waals surface area contributed by atoms with Crippen LogP contribution in [0.5, 0.6) is 0 Å². The van der Waals surface area contributed by atoms with E-state index < -0.39 is 0 Å². The normalized spacial score (nSPS) is 12.5. The molecule has 0 spiro atoms. The second-order valence-electron chi connectivity index (χ2n) is 4.23. The van der Waals surface area contributed by atoms with Crippen LogP contribution in [0.4, 0.5) is 0 Å². The molecule has 2 rings (SSSR count). The molecule has 2 aromatic rings. The summed E-state index contributed by atoms with van der Waals surface area (Å²) in [6, 6.07) is 14.6. The average Bonchev–Trinajstić information content (AvgIpc) is 2.89. The number of benzene rings is 1. The molecule has 0 radical (unpaired) electrons. The third-order valence-electron chi connectivity index (χ3n) is 3.03. The Morgan fingerprint density at radius 2 is 1.94 bits per heavy atom. The van der Waals surface area contributed by atoms with Gasteiger partial charge in [0.25, 0.3) is 0 Å². The van der Waals surface area contributed by atoms with Crippen molar-refractivity contribution < 1.29 is 4.42 Å². The molecule has 2 heteroatoms. The van der Waals surface area contributed by atoms with Gasteiger partial charge in [0, 0.05) is 6.54 Å². The Hall–Kier alpha value is -1.54. The summed E-state index contributed by atoms with van der Waals surface area (Å²) in [5.41, 5.74) is 1.40. The van der Waals surface area contributed by atoms with Crippen LogP contribution in [-0.4, -0.2) is 6.54 Å². The topological polar surface area (TPSA) is 25.2 Å². The van der Waals surface area contributed by atoms with Crippen LogP contribution in [0.25, 0.3) is 0 Å². The lowest BCUT2D eigenvalue weighted by atomic mass is 9.96. The van der Waals surface area contributed by atoms with E-state index in [-0.39, 0.29) is 0 Å². The smallest absolute Gasteiger partial charge is 0.117 e. The first kappa shape index (κ1) is 11.9. The van der Waals surface area contributed by atoms with Gasteiger partial charge in [-0.15, -0.1) is 0 Å². The monoisotopic (exact) mass is 229 g/mol. The van der Waals surface area contributed by atoms with Gasteiger partial charge >= 0.3 is 0 Å². The molecular weight excluding hydrogens is 210 g/mol. The van der Waals surface area contributed by atoms with Crippen LogP contribution in [-0.2, 0) is 6.54 Å². The Kier molecular flexibility index (Phi) is 4.39. The van der Waals surface area contributed by atoms with E-state index in [1.807, 2.05) is 12.1 Å². The second-order valence-corrected chi connectivity index (χ2v) is 4.23. The summed E-state index contributed by atoms with van der Waals surface area (Å²) < 4.78 is 5.29. The van der Waals surface area contributed by atoms with Gasteiger partial charge in [0.1, 0.15) is 5.76 Å². The van der Waals surface area contributed by atoms with Crippen LogP contribution in [0.3, 0.4) is 0 Å². The van der Waals surface area contributed by atoms with Crippen molar-refractivity contribution >= 4 is 0 Å². The molecule has 90 valence electrons. The highest BCUT2D eigenvalue weighted by Crippen LogP contribution is 2.18. The number of furan rings is 1. The molecule has 0 fully saturated rings. The zero-order valence-corrected chi connectivity index (χ0v) is 10.2. The summed E-state index contributed by atoms with van der Waals surface area (Å²) in [4.78, 5) is 0. The minimum atomic E-state index is 0.575. The van der Waals surface area contributed by atoms with E-state index in [0.29, 0.717) is 5.92 Å². The molecule has 17 heavy (non-hydrogen) atoms. The molecule has 0 bridgehead atoms. The summed E-state index contributed by atoms with van der Waals surface area (Å²) in [6.07, 6.45) is 2.86. The Labute approximate surface area is 103 Å². The van der Waals surface area contributed by atoms with E-state index in [4.69, 9.17) is 4.42 Å². The molecule has 1 N–H and O–H groups in total. The van der Waals surface area contributed by atoms with Gasteiger partial charge in [0.2, 0.25) is 0 Å². The van der Waals surface area contributed by atoms with Crippen molar-refractivity contribution in [1.29, 1.82) is 0 Å². The molecule has 1 aromatic carbocycles. The van der Waals surface area contributed by atoms with E-state index in [9.17, 15) is 0 Å². The Bertz CT molecular complexity index is 408. The average molecular weight is 229 g/mol. The Morgan fingerprint density at radius 1 is 1.12 bits per heavy atom. The fraction of sp³-hybridized carbons (Fsp3) is 0.333. The Morgan fingerprint density at radius 3 is 2.59 bits per heavy atom. The number of rotatable bonds is 6. The molecule has 0 saturated heterocycles. The van der Waals surface area contributed by atoms with Crippen molar-refractivity contribution in [2.75, 3.05) is 6.54 Å². The lowest BCUT2D eigenvalue weighted by molar-refractivity contribution is 0.470. The molecule has 0 aliphatic heterocycles. The molecule has 0 amide bonds. The summed E-state index contributed by atoms with van der Waals surface area (Å²) in [5.74, 6) is 1.57. The predicted octanol–water partition coefficient (Wildman–Crippen LogP) is 3.56. The predicted molar refractivity (Wildman–Crippen MR) is 69.9 cm³/mol. The molecule has 0 saturated carbocycles. The lowest BCUT2D eigenvalue weighted by Gasteiger charge is -2.15. The van der Waals surface area contributed by atoms with Crippen molar-refractivity contribution in [3.8, 4) is 0 Å². The van der Waals surface area contributed by atoms with Crippen molar-refractivity contribution in [3.05, 3.63) is 60.1 Å². The molecule has 2 nitrogen and oxygen atoms in total. The highest BCUT2D eigenvalue weighted by Gasteiger charge is 2.08. The van der Waals surface area contributed by atoms with Gasteiger partial charge in [-0.3, -0.25) is 0 Å². The number of hydrogen-bond donors (Lipinski definition) is 1. The molecule has 0 aliphatic rings. The van der Waals surface area contributed by atoms with E-state index >= 15 is 0 Å². The van der Waals surface area contributed by atoms with Gasteiger partial charge in [-0.25, -0.2) is 0 Å². The summed E-state index contributed by atoms with van der Waals surface area (Å²) >= 11 is 0. The van der Waals surface area contributed by atoms with Crippen LogP contribution >= 0.6 is 0 Å². The largest absolute Gasteiger partial charge is 0.468 e. The Balaban J connectivity index is 1.84. The van der Waals surface area contributed by atoms with Gasteiger partial charge in [-0.1, -0.05) is 37.3 Å². The maximum atomic E-state index is 5.29. The molecule has 1 atom stereocenters. The highest BCUT2D eigenvalue weighted by atomic mass is 16.3. The maximum Gasteiger partial charge on any atom is 0.117 e. The van der Waals surface area contributed by atoms with E-state index in [1.165, 1.54) is 5.56 Å². The maximum absolute atomic E-state index is 5.29. The first-order chi connectivity index (χ1) is 8.40. The minimum Gasteiger partial charge on any atom is -0.468 e.